The minimum atomic E-state index is -0.761. The van der Waals surface area contributed by atoms with Crippen molar-refractivity contribution in [3.63, 3.8) is 0 Å². The maximum atomic E-state index is 13.0. The van der Waals surface area contributed by atoms with Crippen molar-refractivity contribution in [2.24, 2.45) is 5.92 Å². The predicted octanol–water partition coefficient (Wildman–Crippen LogP) is 3.17. The molecule has 0 fully saturated rings. The second-order valence-electron chi connectivity index (χ2n) is 7.35. The molecule has 1 aliphatic heterocycles. The molecule has 0 spiro atoms. The highest BCUT2D eigenvalue weighted by Gasteiger charge is 2.40. The summed E-state index contributed by atoms with van der Waals surface area (Å²) in [7, 11) is 1.61. The highest BCUT2D eigenvalue weighted by Crippen LogP contribution is 2.39. The van der Waals surface area contributed by atoms with Crippen LogP contribution in [0.2, 0.25) is 0 Å². The Morgan fingerprint density at radius 2 is 1.72 bits per heavy atom. The SMILES string of the molecule is COc1ccc([C@@H]2CC(=O)C3=C(C2)NC(=O)C[C@H]3C(=O)Nc2ccccc2)cc1. The number of hydrogen-bond acceptors (Lipinski definition) is 4. The van der Waals surface area contributed by atoms with E-state index in [9.17, 15) is 14.4 Å². The zero-order valence-electron chi connectivity index (χ0n) is 16.1. The topological polar surface area (TPSA) is 84.5 Å². The van der Waals surface area contributed by atoms with E-state index in [1.807, 2.05) is 42.5 Å². The number of methoxy groups -OCH3 is 1. The second kappa shape index (κ2) is 7.91. The molecule has 0 radical (unpaired) electrons. The molecule has 148 valence electrons. The number of benzene rings is 2. The number of allylic oxidation sites excluding steroid dienone is 1. The zero-order chi connectivity index (χ0) is 20.4. The van der Waals surface area contributed by atoms with E-state index in [-0.39, 0.29) is 29.9 Å². The molecule has 1 heterocycles. The minimum Gasteiger partial charge on any atom is -0.497 e. The van der Waals surface area contributed by atoms with Gasteiger partial charge in [0.1, 0.15) is 5.75 Å². The quantitative estimate of drug-likeness (QED) is 0.840. The molecule has 2 aliphatic rings. The summed E-state index contributed by atoms with van der Waals surface area (Å²) in [5, 5.41) is 5.66. The number of amides is 2. The van der Waals surface area contributed by atoms with Gasteiger partial charge in [0.15, 0.2) is 5.78 Å². The van der Waals surface area contributed by atoms with E-state index in [0.29, 0.717) is 29.8 Å². The molecule has 29 heavy (non-hydrogen) atoms. The Balaban J connectivity index is 1.59. The molecule has 0 saturated heterocycles. The van der Waals surface area contributed by atoms with Crippen LogP contribution in [0, 0.1) is 5.92 Å². The maximum Gasteiger partial charge on any atom is 0.232 e. The molecule has 6 heteroatoms. The fourth-order valence-corrected chi connectivity index (χ4v) is 4.05. The van der Waals surface area contributed by atoms with Crippen LogP contribution in [0.25, 0.3) is 0 Å². The Hall–Kier alpha value is -3.41. The summed E-state index contributed by atoms with van der Waals surface area (Å²) >= 11 is 0. The second-order valence-corrected chi connectivity index (χ2v) is 7.35. The summed E-state index contributed by atoms with van der Waals surface area (Å²) in [5.41, 5.74) is 2.68. The van der Waals surface area contributed by atoms with Crippen molar-refractivity contribution < 1.29 is 19.1 Å². The van der Waals surface area contributed by atoms with Gasteiger partial charge in [-0.2, -0.15) is 0 Å². The number of anilines is 1. The molecule has 6 nitrogen and oxygen atoms in total. The Bertz CT molecular complexity index is 980. The standard InChI is InChI=1S/C23H22N2O4/c1-29-17-9-7-14(8-10-17)15-11-19-22(20(26)12-15)18(13-21(27)25-19)23(28)24-16-5-3-2-4-6-16/h2-10,15,18H,11-13H2,1H3,(H,24,28)(H,25,27)/t15-,18+/m0/s1. The summed E-state index contributed by atoms with van der Waals surface area (Å²) in [6.07, 6.45) is 0.820. The lowest BCUT2D eigenvalue weighted by molar-refractivity contribution is -0.129. The number of para-hydroxylation sites is 1. The number of ketones is 1. The van der Waals surface area contributed by atoms with Crippen LogP contribution in [-0.2, 0) is 14.4 Å². The lowest BCUT2D eigenvalue weighted by Crippen LogP contribution is -2.43. The zero-order valence-corrected chi connectivity index (χ0v) is 16.1. The molecule has 2 N–H and O–H groups in total. The third-order valence-corrected chi connectivity index (χ3v) is 5.48. The van der Waals surface area contributed by atoms with Crippen molar-refractivity contribution in [2.45, 2.75) is 25.2 Å². The van der Waals surface area contributed by atoms with Crippen molar-refractivity contribution in [3.05, 3.63) is 71.4 Å². The number of carbonyl (C=O) groups excluding carboxylic acids is 3. The normalized spacial score (nSPS) is 21.3. The third-order valence-electron chi connectivity index (χ3n) is 5.48. The molecule has 2 amide bonds. The van der Waals surface area contributed by atoms with Crippen molar-refractivity contribution >= 4 is 23.3 Å². The third kappa shape index (κ3) is 3.92. The fraction of sp³-hybridized carbons (Fsp3) is 0.261. The van der Waals surface area contributed by atoms with Crippen LogP contribution < -0.4 is 15.4 Å². The lowest BCUT2D eigenvalue weighted by Gasteiger charge is -2.33. The Labute approximate surface area is 168 Å². The van der Waals surface area contributed by atoms with Gasteiger partial charge >= 0.3 is 0 Å². The van der Waals surface area contributed by atoms with E-state index < -0.39 is 5.92 Å². The minimum absolute atomic E-state index is 0.0174. The van der Waals surface area contributed by atoms with Crippen LogP contribution >= 0.6 is 0 Å². The lowest BCUT2D eigenvalue weighted by atomic mass is 9.75. The monoisotopic (exact) mass is 390 g/mol. The fourth-order valence-electron chi connectivity index (χ4n) is 4.05. The van der Waals surface area contributed by atoms with Gasteiger partial charge in [-0.15, -0.1) is 0 Å². The summed E-state index contributed by atoms with van der Waals surface area (Å²) in [6.45, 7) is 0. The van der Waals surface area contributed by atoms with E-state index >= 15 is 0 Å². The smallest absolute Gasteiger partial charge is 0.232 e. The van der Waals surface area contributed by atoms with Gasteiger partial charge in [0.2, 0.25) is 11.8 Å². The number of rotatable bonds is 4. The number of hydrogen-bond donors (Lipinski definition) is 2. The highest BCUT2D eigenvalue weighted by molar-refractivity contribution is 6.09. The first-order chi connectivity index (χ1) is 14.0. The molecule has 0 saturated carbocycles. The summed E-state index contributed by atoms with van der Waals surface area (Å²) in [4.78, 5) is 38.1. The molecular formula is C23H22N2O4. The van der Waals surface area contributed by atoms with E-state index in [4.69, 9.17) is 4.74 Å². The number of ether oxygens (including phenoxy) is 1. The van der Waals surface area contributed by atoms with Gasteiger partial charge in [-0.1, -0.05) is 30.3 Å². The number of Topliss-reactive ketones (excluding diaryl/α,β-unsaturated/α-hetero) is 1. The molecule has 4 rings (SSSR count). The Kier molecular flexibility index (Phi) is 5.16. The van der Waals surface area contributed by atoms with E-state index in [1.54, 1.807) is 19.2 Å². The van der Waals surface area contributed by atoms with Crippen molar-refractivity contribution in [2.75, 3.05) is 12.4 Å². The summed E-state index contributed by atoms with van der Waals surface area (Å²) in [6, 6.07) is 16.6. The van der Waals surface area contributed by atoms with Crippen LogP contribution in [-0.4, -0.2) is 24.7 Å². The number of carbonyl (C=O) groups is 3. The molecule has 0 unspecified atom stereocenters. The van der Waals surface area contributed by atoms with Crippen LogP contribution in [0.15, 0.2) is 65.9 Å². The van der Waals surface area contributed by atoms with Crippen LogP contribution in [0.1, 0.15) is 30.7 Å². The Morgan fingerprint density at radius 3 is 2.41 bits per heavy atom. The largest absolute Gasteiger partial charge is 0.497 e. The molecule has 0 aromatic heterocycles. The summed E-state index contributed by atoms with van der Waals surface area (Å²) in [5.74, 6) is -0.693. The van der Waals surface area contributed by atoms with Crippen molar-refractivity contribution in [1.29, 1.82) is 0 Å². The van der Waals surface area contributed by atoms with Gasteiger partial charge in [-0.25, -0.2) is 0 Å². The molecule has 2 atom stereocenters. The Morgan fingerprint density at radius 1 is 1.00 bits per heavy atom. The van der Waals surface area contributed by atoms with Gasteiger partial charge in [-0.05, 0) is 42.2 Å². The van der Waals surface area contributed by atoms with Crippen LogP contribution in [0.5, 0.6) is 5.75 Å². The molecule has 2 aromatic rings. The van der Waals surface area contributed by atoms with Crippen LogP contribution in [0.3, 0.4) is 0 Å². The molecule has 2 aromatic carbocycles. The van der Waals surface area contributed by atoms with Gasteiger partial charge < -0.3 is 15.4 Å². The molecule has 0 bridgehead atoms. The van der Waals surface area contributed by atoms with E-state index in [1.165, 1.54) is 0 Å². The van der Waals surface area contributed by atoms with Crippen molar-refractivity contribution in [3.8, 4) is 5.75 Å². The first kappa shape index (κ1) is 18.9. The van der Waals surface area contributed by atoms with E-state index in [2.05, 4.69) is 10.6 Å². The first-order valence-corrected chi connectivity index (χ1v) is 9.61. The van der Waals surface area contributed by atoms with Crippen LogP contribution in [0.4, 0.5) is 5.69 Å². The molecular weight excluding hydrogens is 368 g/mol. The van der Waals surface area contributed by atoms with Gasteiger partial charge in [0, 0.05) is 29.8 Å². The maximum absolute atomic E-state index is 13.0. The molecule has 1 aliphatic carbocycles. The average Bonchev–Trinajstić information content (AvgIpc) is 2.73. The summed E-state index contributed by atoms with van der Waals surface area (Å²) < 4.78 is 5.19. The average molecular weight is 390 g/mol. The highest BCUT2D eigenvalue weighted by atomic mass is 16.5. The van der Waals surface area contributed by atoms with Gasteiger partial charge in [0.05, 0.1) is 13.0 Å². The van der Waals surface area contributed by atoms with Gasteiger partial charge in [0.25, 0.3) is 0 Å². The van der Waals surface area contributed by atoms with Gasteiger partial charge in [-0.3, -0.25) is 14.4 Å². The predicted molar refractivity (Wildman–Crippen MR) is 108 cm³/mol. The van der Waals surface area contributed by atoms with E-state index in [0.717, 1.165) is 11.3 Å². The van der Waals surface area contributed by atoms with Crippen molar-refractivity contribution in [1.82, 2.24) is 5.32 Å². The first-order valence-electron chi connectivity index (χ1n) is 9.61. The number of nitrogens with one attached hydrogen (secondary N) is 2.